The lowest BCUT2D eigenvalue weighted by Crippen LogP contribution is -2.50. The Kier molecular flexibility index (Phi) is 6.25. The van der Waals surface area contributed by atoms with Gasteiger partial charge in [0.2, 0.25) is 0 Å². The third kappa shape index (κ3) is 4.37. The molecule has 0 saturated carbocycles. The summed E-state index contributed by atoms with van der Waals surface area (Å²) in [5.41, 5.74) is 1.26. The van der Waals surface area contributed by atoms with Crippen LogP contribution in [0.1, 0.15) is 5.56 Å². The number of amides is 1. The molecule has 0 radical (unpaired) electrons. The minimum absolute atomic E-state index is 0.0901. The highest BCUT2D eigenvalue weighted by Gasteiger charge is 2.38. The number of carbonyl (C=O) groups excluding carboxylic acids is 1. The fourth-order valence-corrected chi connectivity index (χ4v) is 5.33. The van der Waals surface area contributed by atoms with Crippen molar-refractivity contribution in [3.05, 3.63) is 83.4 Å². The maximum Gasteiger partial charge on any atom is 0.268 e. The average molecular weight is 473 g/mol. The first kappa shape index (κ1) is 22.0. The van der Waals surface area contributed by atoms with Crippen LogP contribution in [0.4, 0.5) is 5.69 Å². The number of carbonyl (C=O) groups is 1. The van der Waals surface area contributed by atoms with Gasteiger partial charge in [0.25, 0.3) is 15.9 Å². The van der Waals surface area contributed by atoms with E-state index in [2.05, 4.69) is 5.32 Å². The predicted octanol–water partition coefficient (Wildman–Crippen LogP) is 3.62. The molecule has 4 rings (SSSR count). The number of methoxy groups -OCH3 is 1. The second-order valence-corrected chi connectivity index (χ2v) is 9.38. The third-order valence-electron chi connectivity index (χ3n) is 5.03. The third-order valence-corrected chi connectivity index (χ3v) is 7.07. The lowest BCUT2D eigenvalue weighted by Gasteiger charge is -2.35. The van der Waals surface area contributed by atoms with Crippen LogP contribution in [-0.4, -0.2) is 34.1 Å². The molecule has 0 bridgehead atoms. The van der Waals surface area contributed by atoms with Crippen LogP contribution in [0.5, 0.6) is 11.5 Å². The van der Waals surface area contributed by atoms with Gasteiger partial charge >= 0.3 is 0 Å². The molecule has 0 aromatic heterocycles. The van der Waals surface area contributed by atoms with Crippen molar-refractivity contribution in [3.63, 3.8) is 0 Å². The molecule has 0 saturated heterocycles. The summed E-state index contributed by atoms with van der Waals surface area (Å²) in [6.45, 7) is 0.103. The smallest absolute Gasteiger partial charge is 0.268 e. The molecule has 1 aliphatic rings. The van der Waals surface area contributed by atoms with E-state index in [9.17, 15) is 13.2 Å². The van der Waals surface area contributed by atoms with Crippen molar-refractivity contribution in [1.29, 1.82) is 0 Å². The van der Waals surface area contributed by atoms with Crippen molar-refractivity contribution >= 4 is 33.2 Å². The van der Waals surface area contributed by atoms with Crippen LogP contribution in [-0.2, 0) is 21.4 Å². The highest BCUT2D eigenvalue weighted by molar-refractivity contribution is 7.93. The molecule has 0 aliphatic carbocycles. The highest BCUT2D eigenvalue weighted by atomic mass is 35.5. The molecule has 1 amide bonds. The number of nitrogens with one attached hydrogen (secondary N) is 1. The van der Waals surface area contributed by atoms with Crippen molar-refractivity contribution in [2.75, 3.05) is 18.0 Å². The molecular weight excluding hydrogens is 452 g/mol. The molecular formula is C23H21ClN2O5S. The average Bonchev–Trinajstić information content (AvgIpc) is 2.82. The number of rotatable bonds is 6. The van der Waals surface area contributed by atoms with Gasteiger partial charge in [0.05, 0.1) is 19.3 Å². The predicted molar refractivity (Wildman–Crippen MR) is 122 cm³/mol. The normalized spacial score (nSPS) is 15.4. The summed E-state index contributed by atoms with van der Waals surface area (Å²) < 4.78 is 39.5. The minimum Gasteiger partial charge on any atom is -0.495 e. The van der Waals surface area contributed by atoms with E-state index in [0.717, 1.165) is 9.87 Å². The maximum atomic E-state index is 13.6. The van der Waals surface area contributed by atoms with Gasteiger partial charge in [-0.2, -0.15) is 0 Å². The van der Waals surface area contributed by atoms with Gasteiger partial charge in [-0.1, -0.05) is 54.1 Å². The Morgan fingerprint density at radius 1 is 1.12 bits per heavy atom. The topological polar surface area (TPSA) is 84.9 Å². The lowest BCUT2D eigenvalue weighted by molar-refractivity contribution is -0.127. The van der Waals surface area contributed by atoms with E-state index >= 15 is 0 Å². The molecule has 1 N–H and O–H groups in total. The quantitative estimate of drug-likeness (QED) is 0.592. The second kappa shape index (κ2) is 9.10. The molecule has 32 heavy (non-hydrogen) atoms. The van der Waals surface area contributed by atoms with Gasteiger partial charge in [-0.15, -0.1) is 0 Å². The van der Waals surface area contributed by atoms with Gasteiger partial charge in [-0.25, -0.2) is 8.42 Å². The van der Waals surface area contributed by atoms with E-state index in [-0.39, 0.29) is 22.2 Å². The summed E-state index contributed by atoms with van der Waals surface area (Å²) in [6.07, 6.45) is -1.03. The zero-order valence-electron chi connectivity index (χ0n) is 17.2. The van der Waals surface area contributed by atoms with Crippen molar-refractivity contribution in [3.8, 4) is 11.5 Å². The van der Waals surface area contributed by atoms with E-state index in [0.29, 0.717) is 18.0 Å². The number of sulfonamides is 1. The lowest BCUT2D eigenvalue weighted by atomic mass is 10.2. The number of para-hydroxylation sites is 2. The molecule has 1 heterocycles. The summed E-state index contributed by atoms with van der Waals surface area (Å²) >= 11 is 6.07. The highest BCUT2D eigenvalue weighted by Crippen LogP contribution is 2.39. The fourth-order valence-electron chi connectivity index (χ4n) is 3.44. The van der Waals surface area contributed by atoms with Gasteiger partial charge in [0, 0.05) is 11.6 Å². The first-order valence-electron chi connectivity index (χ1n) is 9.84. The van der Waals surface area contributed by atoms with E-state index in [4.69, 9.17) is 21.1 Å². The first-order valence-corrected chi connectivity index (χ1v) is 11.7. The van der Waals surface area contributed by atoms with E-state index in [1.165, 1.54) is 19.2 Å². The molecule has 166 valence electrons. The monoisotopic (exact) mass is 472 g/mol. The number of ether oxygens (including phenoxy) is 2. The first-order chi connectivity index (χ1) is 15.4. The Morgan fingerprint density at radius 2 is 1.84 bits per heavy atom. The molecule has 0 spiro atoms. The van der Waals surface area contributed by atoms with Gasteiger partial charge in [-0.3, -0.25) is 9.10 Å². The van der Waals surface area contributed by atoms with Crippen LogP contribution in [0, 0.1) is 0 Å². The van der Waals surface area contributed by atoms with Crippen molar-refractivity contribution in [2.24, 2.45) is 0 Å². The Labute approximate surface area is 191 Å². The maximum absolute atomic E-state index is 13.6. The van der Waals surface area contributed by atoms with Crippen LogP contribution in [0.15, 0.2) is 77.7 Å². The Balaban J connectivity index is 1.66. The molecule has 7 nitrogen and oxygen atoms in total. The van der Waals surface area contributed by atoms with Crippen molar-refractivity contribution < 1.29 is 22.7 Å². The number of benzene rings is 3. The Hall–Kier alpha value is -3.23. The number of halogens is 1. The molecule has 1 aliphatic heterocycles. The summed E-state index contributed by atoms with van der Waals surface area (Å²) in [5.74, 6) is 0.0354. The molecule has 3 aromatic carbocycles. The SMILES string of the molecule is COc1ccc(Cl)cc1S(=O)(=O)N1C[C@H](C(=O)NCc2ccccc2)Oc2ccccc21. The van der Waals surface area contributed by atoms with Crippen LogP contribution in [0.2, 0.25) is 5.02 Å². The number of hydrogen-bond donors (Lipinski definition) is 1. The summed E-state index contributed by atoms with van der Waals surface area (Å²) in [4.78, 5) is 12.8. The Bertz CT molecular complexity index is 1230. The zero-order chi connectivity index (χ0) is 22.7. The summed E-state index contributed by atoms with van der Waals surface area (Å²) in [6, 6.07) is 20.5. The molecule has 3 aromatic rings. The largest absolute Gasteiger partial charge is 0.495 e. The number of nitrogens with zero attached hydrogens (tertiary/aromatic N) is 1. The number of anilines is 1. The van der Waals surface area contributed by atoms with Gasteiger partial charge < -0.3 is 14.8 Å². The van der Waals surface area contributed by atoms with E-state index < -0.39 is 22.0 Å². The van der Waals surface area contributed by atoms with Gasteiger partial charge in [-0.05, 0) is 35.9 Å². The minimum atomic E-state index is -4.11. The van der Waals surface area contributed by atoms with E-state index in [1.54, 1.807) is 30.3 Å². The van der Waals surface area contributed by atoms with Crippen molar-refractivity contribution in [1.82, 2.24) is 5.32 Å². The standard InChI is InChI=1S/C23H21ClN2O5S/c1-30-20-12-11-17(24)13-22(20)32(28,29)26-15-21(31-19-10-6-5-9-18(19)26)23(27)25-14-16-7-3-2-4-8-16/h2-13,21H,14-15H2,1H3,(H,25,27)/t21-/m1/s1. The van der Waals surface area contributed by atoms with Crippen LogP contribution < -0.4 is 19.1 Å². The number of hydrogen-bond acceptors (Lipinski definition) is 5. The summed E-state index contributed by atoms with van der Waals surface area (Å²) in [5, 5.41) is 3.06. The van der Waals surface area contributed by atoms with Crippen LogP contribution in [0.3, 0.4) is 0 Å². The fraction of sp³-hybridized carbons (Fsp3) is 0.174. The van der Waals surface area contributed by atoms with Crippen LogP contribution in [0.25, 0.3) is 0 Å². The van der Waals surface area contributed by atoms with Crippen molar-refractivity contribution in [2.45, 2.75) is 17.5 Å². The number of fused-ring (bicyclic) bond motifs is 1. The molecule has 1 atom stereocenters. The zero-order valence-corrected chi connectivity index (χ0v) is 18.8. The van der Waals surface area contributed by atoms with Gasteiger partial charge in [0.1, 0.15) is 16.4 Å². The molecule has 0 unspecified atom stereocenters. The molecule has 9 heteroatoms. The van der Waals surface area contributed by atoms with Gasteiger partial charge in [0.15, 0.2) is 6.10 Å². The Morgan fingerprint density at radius 3 is 2.59 bits per heavy atom. The summed E-state index contributed by atoms with van der Waals surface area (Å²) in [7, 11) is -2.73. The second-order valence-electron chi connectivity index (χ2n) is 7.11. The van der Waals surface area contributed by atoms with Crippen LogP contribution >= 0.6 is 11.6 Å². The van der Waals surface area contributed by atoms with E-state index in [1.807, 2.05) is 30.3 Å². The molecule has 0 fully saturated rings.